The van der Waals surface area contributed by atoms with Crippen molar-refractivity contribution in [1.29, 1.82) is 0 Å². The number of hydrogen-bond donors (Lipinski definition) is 1. The molecule has 0 radical (unpaired) electrons. The predicted molar refractivity (Wildman–Crippen MR) is 80.8 cm³/mol. The number of cyclic esters (lactones) is 1. The summed E-state index contributed by atoms with van der Waals surface area (Å²) in [6.45, 7) is 11.1. The molecular formula is C16H27NO5. The third kappa shape index (κ3) is 4.71. The van der Waals surface area contributed by atoms with Crippen LogP contribution in [-0.2, 0) is 23.9 Å². The molecular weight excluding hydrogens is 286 g/mol. The van der Waals surface area contributed by atoms with Crippen LogP contribution in [0.2, 0.25) is 0 Å². The van der Waals surface area contributed by atoms with Gasteiger partial charge < -0.3 is 14.8 Å². The second kappa shape index (κ2) is 7.11. The lowest BCUT2D eigenvalue weighted by Crippen LogP contribution is -2.38. The minimum Gasteiger partial charge on any atom is -0.462 e. The molecule has 0 bridgehead atoms. The van der Waals surface area contributed by atoms with Crippen molar-refractivity contribution in [2.45, 2.75) is 60.1 Å². The molecule has 6 heteroatoms. The van der Waals surface area contributed by atoms with Crippen molar-refractivity contribution in [2.75, 3.05) is 6.61 Å². The van der Waals surface area contributed by atoms with Gasteiger partial charge in [0.15, 0.2) is 0 Å². The van der Waals surface area contributed by atoms with Crippen LogP contribution >= 0.6 is 0 Å². The molecule has 1 saturated heterocycles. The first-order chi connectivity index (χ1) is 10.0. The molecule has 6 nitrogen and oxygen atoms in total. The van der Waals surface area contributed by atoms with E-state index in [0.29, 0.717) is 6.42 Å². The van der Waals surface area contributed by atoms with Gasteiger partial charge in [-0.25, -0.2) is 4.79 Å². The maximum Gasteiger partial charge on any atom is 0.348 e. The largest absolute Gasteiger partial charge is 0.462 e. The van der Waals surface area contributed by atoms with Crippen molar-refractivity contribution >= 4 is 17.8 Å². The summed E-state index contributed by atoms with van der Waals surface area (Å²) in [6.07, 6.45) is -0.498. The van der Waals surface area contributed by atoms with Crippen LogP contribution in [0.25, 0.3) is 0 Å². The molecule has 126 valence electrons. The van der Waals surface area contributed by atoms with E-state index in [1.165, 1.54) is 0 Å². The van der Waals surface area contributed by atoms with E-state index >= 15 is 0 Å². The highest BCUT2D eigenvalue weighted by Gasteiger charge is 2.47. The number of hydrogen-bond acceptors (Lipinski definition) is 5. The number of carbonyl (C=O) groups is 3. The molecule has 1 heterocycles. The third-order valence-corrected chi connectivity index (χ3v) is 3.73. The van der Waals surface area contributed by atoms with Crippen molar-refractivity contribution < 1.29 is 23.9 Å². The molecule has 1 fully saturated rings. The average molecular weight is 313 g/mol. The Balaban J connectivity index is 2.55. The van der Waals surface area contributed by atoms with Crippen molar-refractivity contribution in [3.8, 4) is 0 Å². The van der Waals surface area contributed by atoms with Crippen molar-refractivity contribution in [1.82, 2.24) is 5.32 Å². The first-order valence-corrected chi connectivity index (χ1v) is 7.72. The number of rotatable bonds is 6. The summed E-state index contributed by atoms with van der Waals surface area (Å²) in [5.74, 6) is -1.82. The molecule has 0 aromatic heterocycles. The monoisotopic (exact) mass is 313 g/mol. The molecule has 1 aliphatic heterocycles. The van der Waals surface area contributed by atoms with Gasteiger partial charge >= 0.3 is 11.9 Å². The van der Waals surface area contributed by atoms with Crippen molar-refractivity contribution in [3.63, 3.8) is 0 Å². The number of nitrogens with one attached hydrogen (secondary N) is 1. The molecule has 22 heavy (non-hydrogen) atoms. The van der Waals surface area contributed by atoms with Gasteiger partial charge in [0, 0.05) is 17.4 Å². The SMILES string of the molecule is CC(C)NC(=O)C(C)CC(C)C(=O)O[C@H]1C(=O)OCC1(C)C. The Morgan fingerprint density at radius 3 is 2.32 bits per heavy atom. The molecule has 0 spiro atoms. The first-order valence-electron chi connectivity index (χ1n) is 7.72. The Labute approximate surface area is 131 Å². The van der Waals surface area contributed by atoms with Gasteiger partial charge in [-0.3, -0.25) is 9.59 Å². The lowest BCUT2D eigenvalue weighted by atomic mass is 9.89. The number of amides is 1. The van der Waals surface area contributed by atoms with Crippen LogP contribution < -0.4 is 5.32 Å². The normalized spacial score (nSPS) is 22.9. The Morgan fingerprint density at radius 1 is 1.27 bits per heavy atom. The van der Waals surface area contributed by atoms with Gasteiger partial charge in [-0.15, -0.1) is 0 Å². The van der Waals surface area contributed by atoms with Crippen LogP contribution in [0.5, 0.6) is 0 Å². The van der Waals surface area contributed by atoms with Gasteiger partial charge in [-0.2, -0.15) is 0 Å². The number of carbonyl (C=O) groups excluding carboxylic acids is 3. The van der Waals surface area contributed by atoms with Crippen LogP contribution in [0.3, 0.4) is 0 Å². The summed E-state index contributed by atoms with van der Waals surface area (Å²) in [4.78, 5) is 35.7. The van der Waals surface area contributed by atoms with Gasteiger partial charge in [0.2, 0.25) is 12.0 Å². The van der Waals surface area contributed by atoms with E-state index in [9.17, 15) is 14.4 Å². The Hall–Kier alpha value is -1.59. The van der Waals surface area contributed by atoms with E-state index in [2.05, 4.69) is 5.32 Å². The van der Waals surface area contributed by atoms with Crippen LogP contribution in [0.4, 0.5) is 0 Å². The Bertz CT molecular complexity index is 444. The van der Waals surface area contributed by atoms with E-state index in [1.807, 2.05) is 27.7 Å². The second-order valence-corrected chi connectivity index (χ2v) is 7.11. The molecule has 0 saturated carbocycles. The quantitative estimate of drug-likeness (QED) is 0.754. The lowest BCUT2D eigenvalue weighted by Gasteiger charge is -2.24. The maximum atomic E-state index is 12.2. The summed E-state index contributed by atoms with van der Waals surface area (Å²) < 4.78 is 10.3. The van der Waals surface area contributed by atoms with Gasteiger partial charge in [0.05, 0.1) is 5.92 Å². The summed E-state index contributed by atoms with van der Waals surface area (Å²) in [6, 6.07) is 0.0614. The summed E-state index contributed by atoms with van der Waals surface area (Å²) in [7, 11) is 0. The predicted octanol–water partition coefficient (Wildman–Crippen LogP) is 1.67. The molecule has 2 unspecified atom stereocenters. The van der Waals surface area contributed by atoms with Crippen molar-refractivity contribution in [3.05, 3.63) is 0 Å². The summed E-state index contributed by atoms with van der Waals surface area (Å²) in [5, 5.41) is 2.81. The van der Waals surface area contributed by atoms with E-state index in [4.69, 9.17) is 9.47 Å². The van der Waals surface area contributed by atoms with Crippen LogP contribution in [0.15, 0.2) is 0 Å². The molecule has 1 amide bonds. The molecule has 3 atom stereocenters. The molecule has 1 rings (SSSR count). The molecule has 0 aliphatic carbocycles. The first kappa shape index (κ1) is 18.5. The van der Waals surface area contributed by atoms with Gasteiger partial charge in [-0.1, -0.05) is 27.7 Å². The highest BCUT2D eigenvalue weighted by atomic mass is 16.6. The minimum atomic E-state index is -0.873. The Kier molecular flexibility index (Phi) is 5.97. The zero-order valence-electron chi connectivity index (χ0n) is 14.3. The third-order valence-electron chi connectivity index (χ3n) is 3.73. The van der Waals surface area contributed by atoms with Crippen molar-refractivity contribution in [2.24, 2.45) is 17.3 Å². The number of esters is 2. The zero-order valence-corrected chi connectivity index (χ0v) is 14.3. The highest BCUT2D eigenvalue weighted by molar-refractivity contribution is 5.83. The van der Waals surface area contributed by atoms with Gasteiger partial charge in [0.25, 0.3) is 0 Å². The standard InChI is InChI=1S/C16H27NO5/c1-9(2)17-13(18)10(3)7-11(4)14(19)22-12-15(20)21-8-16(12,5)6/h9-12H,7-8H2,1-6H3,(H,17,18)/t10?,11?,12-/m0/s1. The fraction of sp³-hybridized carbons (Fsp3) is 0.812. The summed E-state index contributed by atoms with van der Waals surface area (Å²) >= 11 is 0. The molecule has 0 aromatic carbocycles. The van der Waals surface area contributed by atoms with E-state index in [0.717, 1.165) is 0 Å². The van der Waals surface area contributed by atoms with E-state index in [1.54, 1.807) is 13.8 Å². The number of ether oxygens (including phenoxy) is 2. The molecule has 0 aromatic rings. The van der Waals surface area contributed by atoms with Gasteiger partial charge in [0.1, 0.15) is 6.61 Å². The minimum absolute atomic E-state index is 0.0614. The lowest BCUT2D eigenvalue weighted by molar-refractivity contribution is -0.166. The van der Waals surface area contributed by atoms with Crippen LogP contribution in [0, 0.1) is 17.3 Å². The van der Waals surface area contributed by atoms with E-state index in [-0.39, 0.29) is 24.5 Å². The fourth-order valence-corrected chi connectivity index (χ4v) is 2.33. The zero-order chi connectivity index (χ0) is 17.1. The van der Waals surface area contributed by atoms with Gasteiger partial charge in [-0.05, 0) is 20.3 Å². The molecule has 1 aliphatic rings. The maximum absolute atomic E-state index is 12.2. The Morgan fingerprint density at radius 2 is 1.86 bits per heavy atom. The highest BCUT2D eigenvalue weighted by Crippen LogP contribution is 2.31. The van der Waals surface area contributed by atoms with Crippen LogP contribution in [0.1, 0.15) is 48.0 Å². The van der Waals surface area contributed by atoms with Crippen LogP contribution in [-0.4, -0.2) is 36.6 Å². The van der Waals surface area contributed by atoms with E-state index < -0.39 is 29.4 Å². The topological polar surface area (TPSA) is 81.7 Å². The summed E-state index contributed by atoms with van der Waals surface area (Å²) in [5.41, 5.74) is -0.521. The molecule has 1 N–H and O–H groups in total. The smallest absolute Gasteiger partial charge is 0.348 e. The fourth-order valence-electron chi connectivity index (χ4n) is 2.33. The second-order valence-electron chi connectivity index (χ2n) is 7.11. The average Bonchev–Trinajstić information content (AvgIpc) is 2.64.